The number of fused-ring (bicyclic) bond motifs is 1. The molecule has 2 aromatic heterocycles. The number of nitrogens with zero attached hydrogens (tertiary/aromatic N) is 4. The van der Waals surface area contributed by atoms with E-state index in [1.165, 1.54) is 0 Å². The Balaban J connectivity index is 1.82. The van der Waals surface area contributed by atoms with Crippen LogP contribution in [0.4, 0.5) is 0 Å². The first-order valence-electron chi connectivity index (χ1n) is 5.96. The van der Waals surface area contributed by atoms with Crippen LogP contribution in [0, 0.1) is 4.77 Å². The highest BCUT2D eigenvalue weighted by Crippen LogP contribution is 2.20. The van der Waals surface area contributed by atoms with Gasteiger partial charge in [-0.05, 0) is 36.8 Å². The average molecular weight is 338 g/mol. The summed E-state index contributed by atoms with van der Waals surface area (Å²) < 4.78 is 5.76. The zero-order valence-electron chi connectivity index (χ0n) is 10.1. The summed E-state index contributed by atoms with van der Waals surface area (Å²) in [7, 11) is 0. The summed E-state index contributed by atoms with van der Waals surface area (Å²) in [6.07, 6.45) is 4.51. The molecule has 0 atom stereocenters. The van der Waals surface area contributed by atoms with Crippen LogP contribution in [0.1, 0.15) is 6.42 Å². The van der Waals surface area contributed by atoms with Crippen molar-refractivity contribution in [2.24, 2.45) is 0 Å². The van der Waals surface area contributed by atoms with Crippen LogP contribution in [0.25, 0.3) is 11.0 Å². The predicted octanol–water partition coefficient (Wildman–Crippen LogP) is 3.14. The van der Waals surface area contributed by atoms with E-state index < -0.39 is 0 Å². The summed E-state index contributed by atoms with van der Waals surface area (Å²) >= 11 is 8.86. The summed E-state index contributed by atoms with van der Waals surface area (Å²) in [6.45, 7) is 1.69. The second-order valence-electron chi connectivity index (χ2n) is 4.26. The molecule has 19 heavy (non-hydrogen) atoms. The first kappa shape index (κ1) is 12.6. The number of H-pyrrole nitrogens is 1. The van der Waals surface area contributed by atoms with E-state index in [1.807, 2.05) is 23.0 Å². The Labute approximate surface area is 123 Å². The lowest BCUT2D eigenvalue weighted by atomic mass is 10.3. The number of halogens is 1. The van der Waals surface area contributed by atoms with Crippen molar-refractivity contribution in [2.45, 2.75) is 19.5 Å². The van der Waals surface area contributed by atoms with Crippen molar-refractivity contribution < 1.29 is 0 Å². The van der Waals surface area contributed by atoms with Gasteiger partial charge in [0.15, 0.2) is 4.77 Å². The van der Waals surface area contributed by atoms with Gasteiger partial charge < -0.3 is 9.55 Å². The summed E-state index contributed by atoms with van der Waals surface area (Å²) in [5, 5.41) is 7.74. The zero-order valence-corrected chi connectivity index (χ0v) is 12.5. The van der Waals surface area contributed by atoms with Gasteiger partial charge in [-0.1, -0.05) is 21.1 Å². The van der Waals surface area contributed by atoms with Crippen LogP contribution in [0.5, 0.6) is 0 Å². The van der Waals surface area contributed by atoms with Gasteiger partial charge in [0, 0.05) is 23.8 Å². The second-order valence-corrected chi connectivity index (χ2v) is 5.57. The topological polar surface area (TPSA) is 51.4 Å². The number of aryl methyl sites for hydroxylation is 2. The van der Waals surface area contributed by atoms with Crippen molar-refractivity contribution in [3.63, 3.8) is 0 Å². The fourth-order valence-electron chi connectivity index (χ4n) is 2.09. The molecule has 98 valence electrons. The Morgan fingerprint density at radius 3 is 3.00 bits per heavy atom. The Morgan fingerprint density at radius 1 is 1.32 bits per heavy atom. The highest BCUT2D eigenvalue weighted by molar-refractivity contribution is 9.10. The maximum absolute atomic E-state index is 5.37. The van der Waals surface area contributed by atoms with Gasteiger partial charge in [-0.2, -0.15) is 0 Å². The molecule has 1 N–H and O–H groups in total. The summed E-state index contributed by atoms with van der Waals surface area (Å²) in [5.41, 5.74) is 2.19. The first-order chi connectivity index (χ1) is 9.24. The quantitative estimate of drug-likeness (QED) is 0.744. The maximum Gasteiger partial charge on any atom is 0.178 e. The van der Waals surface area contributed by atoms with Gasteiger partial charge in [0.2, 0.25) is 0 Å². The van der Waals surface area contributed by atoms with Gasteiger partial charge in [0.05, 0.1) is 17.2 Å². The molecule has 0 saturated carbocycles. The smallest absolute Gasteiger partial charge is 0.178 e. The van der Waals surface area contributed by atoms with E-state index in [1.54, 1.807) is 6.20 Å². The van der Waals surface area contributed by atoms with Crippen LogP contribution in [0.15, 0.2) is 35.1 Å². The van der Waals surface area contributed by atoms with E-state index in [2.05, 4.69) is 41.9 Å². The maximum atomic E-state index is 5.37. The number of benzene rings is 1. The Bertz CT molecular complexity index is 743. The van der Waals surface area contributed by atoms with Crippen molar-refractivity contribution in [3.05, 3.63) is 39.8 Å². The summed E-state index contributed by atoms with van der Waals surface area (Å²) in [5.74, 6) is 0. The average Bonchev–Trinajstić information content (AvgIpc) is 2.99. The highest BCUT2D eigenvalue weighted by atomic mass is 79.9. The number of imidazole rings is 1. The van der Waals surface area contributed by atoms with Crippen LogP contribution in [0.2, 0.25) is 0 Å². The van der Waals surface area contributed by atoms with Crippen LogP contribution < -0.4 is 0 Å². The highest BCUT2D eigenvalue weighted by Gasteiger charge is 2.04. The molecule has 5 nitrogen and oxygen atoms in total. The molecule has 0 spiro atoms. The molecule has 0 aliphatic heterocycles. The molecule has 7 heteroatoms. The number of hydrogen-bond donors (Lipinski definition) is 1. The van der Waals surface area contributed by atoms with Gasteiger partial charge in [-0.15, -0.1) is 5.10 Å². The minimum atomic E-state index is 0.756. The van der Waals surface area contributed by atoms with Gasteiger partial charge >= 0.3 is 0 Å². The van der Waals surface area contributed by atoms with E-state index in [9.17, 15) is 0 Å². The molecule has 0 saturated heterocycles. The van der Waals surface area contributed by atoms with E-state index in [0.717, 1.165) is 39.8 Å². The molecule has 3 aromatic rings. The lowest BCUT2D eigenvalue weighted by Gasteiger charge is -2.04. The number of hydrogen-bond acceptors (Lipinski definition) is 3. The third kappa shape index (κ3) is 2.62. The molecular weight excluding hydrogens is 326 g/mol. The normalized spacial score (nSPS) is 11.2. The molecule has 0 unspecified atom stereocenters. The van der Waals surface area contributed by atoms with Crippen molar-refractivity contribution >= 4 is 39.2 Å². The van der Waals surface area contributed by atoms with Crippen LogP contribution in [-0.4, -0.2) is 24.5 Å². The van der Waals surface area contributed by atoms with Crippen LogP contribution in [0.3, 0.4) is 0 Å². The van der Waals surface area contributed by atoms with Gasteiger partial charge in [-0.3, -0.25) is 4.68 Å². The third-order valence-corrected chi connectivity index (χ3v) is 3.79. The van der Waals surface area contributed by atoms with E-state index >= 15 is 0 Å². The molecule has 0 amide bonds. The fraction of sp³-hybridized carbons (Fsp3) is 0.250. The van der Waals surface area contributed by atoms with E-state index in [4.69, 9.17) is 12.2 Å². The molecule has 3 rings (SSSR count). The zero-order chi connectivity index (χ0) is 13.2. The molecule has 0 aliphatic rings. The van der Waals surface area contributed by atoms with Gasteiger partial charge in [0.25, 0.3) is 0 Å². The van der Waals surface area contributed by atoms with Crippen molar-refractivity contribution in [1.82, 2.24) is 24.5 Å². The van der Waals surface area contributed by atoms with Crippen molar-refractivity contribution in [2.75, 3.05) is 0 Å². The van der Waals surface area contributed by atoms with Crippen LogP contribution >= 0.6 is 28.1 Å². The summed E-state index contributed by atoms with van der Waals surface area (Å²) in [6, 6.07) is 6.12. The first-order valence-corrected chi connectivity index (χ1v) is 7.16. The third-order valence-electron chi connectivity index (χ3n) is 2.98. The van der Waals surface area contributed by atoms with Crippen molar-refractivity contribution in [1.29, 1.82) is 0 Å². The largest absolute Gasteiger partial charge is 0.331 e. The van der Waals surface area contributed by atoms with Gasteiger partial charge in [0.1, 0.15) is 0 Å². The number of aromatic amines is 1. The Kier molecular flexibility index (Phi) is 3.48. The van der Waals surface area contributed by atoms with E-state index in [-0.39, 0.29) is 0 Å². The van der Waals surface area contributed by atoms with Gasteiger partial charge in [-0.25, -0.2) is 0 Å². The van der Waals surface area contributed by atoms with Crippen molar-refractivity contribution in [3.8, 4) is 0 Å². The molecule has 2 heterocycles. The number of rotatable bonds is 4. The Morgan fingerprint density at radius 2 is 2.21 bits per heavy atom. The number of nitrogens with one attached hydrogen (secondary N) is 1. The lowest BCUT2D eigenvalue weighted by molar-refractivity contribution is 0.517. The molecular formula is C12H12BrN5S. The Hall–Kier alpha value is -1.47. The molecule has 0 radical (unpaired) electrons. The minimum absolute atomic E-state index is 0.756. The SMILES string of the molecule is S=c1[nH]c2ccc(Br)cc2n1CCCn1ccnn1. The fourth-order valence-corrected chi connectivity index (χ4v) is 2.74. The monoisotopic (exact) mass is 337 g/mol. The molecule has 0 bridgehead atoms. The standard InChI is InChI=1S/C12H12BrN5S/c13-9-2-3-10-11(8-9)18(12(19)15-10)6-1-5-17-7-4-14-16-17/h2-4,7-8H,1,5-6H2,(H,15,19). The lowest BCUT2D eigenvalue weighted by Crippen LogP contribution is -2.04. The summed E-state index contributed by atoms with van der Waals surface area (Å²) in [4.78, 5) is 3.22. The van der Waals surface area contributed by atoms with Crippen LogP contribution in [-0.2, 0) is 13.1 Å². The predicted molar refractivity (Wildman–Crippen MR) is 79.5 cm³/mol. The van der Waals surface area contributed by atoms with E-state index in [0.29, 0.717) is 0 Å². The molecule has 1 aromatic carbocycles. The number of aromatic nitrogens is 5. The second kappa shape index (κ2) is 5.26. The molecule has 0 aliphatic carbocycles. The molecule has 0 fully saturated rings. The minimum Gasteiger partial charge on any atom is -0.331 e.